The van der Waals surface area contributed by atoms with Crippen LogP contribution in [0.5, 0.6) is 0 Å². The van der Waals surface area contributed by atoms with Gasteiger partial charge in [0.15, 0.2) is 0 Å². The molecule has 0 aromatic carbocycles. The molecule has 6 nitrogen and oxygen atoms in total. The van der Waals surface area contributed by atoms with Crippen LogP contribution in [0.1, 0.15) is 53.4 Å². The lowest BCUT2D eigenvalue weighted by Crippen LogP contribution is -2.41. The van der Waals surface area contributed by atoms with E-state index in [1.807, 2.05) is 17.3 Å². The third kappa shape index (κ3) is 3.02. The Hall–Kier alpha value is -2.68. The molecule has 3 heterocycles. The van der Waals surface area contributed by atoms with E-state index in [1.165, 1.54) is 0 Å². The number of likely N-dealkylation sites (tertiary alicyclic amines) is 1. The molecular formula is C18H21N5O. The smallest absolute Gasteiger partial charge is 0.272 e. The first kappa shape index (κ1) is 16.2. The van der Waals surface area contributed by atoms with Crippen LogP contribution in [0, 0.1) is 18.3 Å². The molecule has 1 fully saturated rings. The standard InChI is InChI=1S/C18H21N5O/c1-3-17-20-8-10-23(17)15-5-4-9-22(12-15)18(24)16-7-6-14(11-19)13(2)21-16/h6-8,10,15H,3-5,9,12H2,1-2H3/t15-/m1/s1. The number of piperidine rings is 1. The maximum absolute atomic E-state index is 12.8. The van der Waals surface area contributed by atoms with E-state index in [-0.39, 0.29) is 11.9 Å². The van der Waals surface area contributed by atoms with Crippen LogP contribution in [0.3, 0.4) is 0 Å². The van der Waals surface area contributed by atoms with E-state index in [4.69, 9.17) is 5.26 Å². The largest absolute Gasteiger partial charge is 0.335 e. The molecule has 2 aromatic heterocycles. The van der Waals surface area contributed by atoms with Crippen molar-refractivity contribution in [1.29, 1.82) is 5.26 Å². The van der Waals surface area contributed by atoms with Crippen molar-refractivity contribution in [2.45, 2.75) is 39.2 Å². The number of hydrogen-bond acceptors (Lipinski definition) is 4. The number of carbonyl (C=O) groups is 1. The van der Waals surface area contributed by atoms with Gasteiger partial charge < -0.3 is 9.47 Å². The maximum atomic E-state index is 12.8. The average molecular weight is 323 g/mol. The highest BCUT2D eigenvalue weighted by molar-refractivity contribution is 5.92. The molecule has 0 bridgehead atoms. The molecule has 0 saturated carbocycles. The zero-order valence-electron chi connectivity index (χ0n) is 14.1. The first-order valence-corrected chi connectivity index (χ1v) is 8.32. The number of pyridine rings is 1. The van der Waals surface area contributed by atoms with Gasteiger partial charge in [-0.3, -0.25) is 4.79 Å². The molecule has 1 aliphatic rings. The lowest BCUT2D eigenvalue weighted by Gasteiger charge is -2.34. The summed E-state index contributed by atoms with van der Waals surface area (Å²) in [5.74, 6) is 0.993. The fourth-order valence-electron chi connectivity index (χ4n) is 3.28. The number of carbonyl (C=O) groups excluding carboxylic acids is 1. The molecule has 3 rings (SSSR count). The summed E-state index contributed by atoms with van der Waals surface area (Å²) in [6.45, 7) is 5.26. The van der Waals surface area contributed by atoms with E-state index in [2.05, 4.69) is 27.5 Å². The summed E-state index contributed by atoms with van der Waals surface area (Å²) >= 11 is 0. The molecule has 0 aliphatic carbocycles. The van der Waals surface area contributed by atoms with Gasteiger partial charge in [-0.15, -0.1) is 0 Å². The number of nitrogens with zero attached hydrogens (tertiary/aromatic N) is 5. The number of amides is 1. The minimum Gasteiger partial charge on any atom is -0.335 e. The van der Waals surface area contributed by atoms with E-state index in [9.17, 15) is 4.79 Å². The van der Waals surface area contributed by atoms with E-state index in [1.54, 1.807) is 19.1 Å². The van der Waals surface area contributed by atoms with Gasteiger partial charge in [0.05, 0.1) is 17.3 Å². The highest BCUT2D eigenvalue weighted by atomic mass is 16.2. The van der Waals surface area contributed by atoms with Crippen LogP contribution in [0.2, 0.25) is 0 Å². The van der Waals surface area contributed by atoms with Crippen molar-refractivity contribution in [2.24, 2.45) is 0 Å². The fraction of sp³-hybridized carbons (Fsp3) is 0.444. The summed E-state index contributed by atoms with van der Waals surface area (Å²) < 4.78 is 2.19. The van der Waals surface area contributed by atoms with Gasteiger partial charge in [0.2, 0.25) is 0 Å². The number of imidazole rings is 1. The first-order chi connectivity index (χ1) is 11.6. The van der Waals surface area contributed by atoms with Gasteiger partial charge in [0.1, 0.15) is 17.6 Å². The summed E-state index contributed by atoms with van der Waals surface area (Å²) in [7, 11) is 0. The normalized spacial score (nSPS) is 17.5. The molecule has 0 unspecified atom stereocenters. The van der Waals surface area contributed by atoms with Crippen LogP contribution in [0.15, 0.2) is 24.5 Å². The Balaban J connectivity index is 1.78. The Bertz CT molecular complexity index is 789. The Morgan fingerprint density at radius 3 is 3.00 bits per heavy atom. The Morgan fingerprint density at radius 1 is 1.46 bits per heavy atom. The lowest BCUT2D eigenvalue weighted by atomic mass is 10.0. The highest BCUT2D eigenvalue weighted by Crippen LogP contribution is 2.24. The molecule has 0 radical (unpaired) electrons. The molecule has 124 valence electrons. The first-order valence-electron chi connectivity index (χ1n) is 8.32. The van der Waals surface area contributed by atoms with Crippen LogP contribution in [-0.2, 0) is 6.42 Å². The molecule has 6 heteroatoms. The zero-order chi connectivity index (χ0) is 17.1. The average Bonchev–Trinajstić information content (AvgIpc) is 3.10. The molecule has 1 amide bonds. The van der Waals surface area contributed by atoms with E-state index in [0.717, 1.165) is 31.6 Å². The van der Waals surface area contributed by atoms with Gasteiger partial charge in [0.25, 0.3) is 5.91 Å². The molecule has 1 aliphatic heterocycles. The minimum absolute atomic E-state index is 0.0644. The third-order valence-corrected chi connectivity index (χ3v) is 4.57. The van der Waals surface area contributed by atoms with Crippen molar-refractivity contribution in [2.75, 3.05) is 13.1 Å². The van der Waals surface area contributed by atoms with Crippen molar-refractivity contribution in [3.63, 3.8) is 0 Å². The minimum atomic E-state index is -0.0644. The predicted octanol–water partition coefficient (Wildman–Crippen LogP) is 2.50. The van der Waals surface area contributed by atoms with Gasteiger partial charge >= 0.3 is 0 Å². The topological polar surface area (TPSA) is 74.8 Å². The van der Waals surface area contributed by atoms with E-state index < -0.39 is 0 Å². The fourth-order valence-corrected chi connectivity index (χ4v) is 3.28. The van der Waals surface area contributed by atoms with Crippen LogP contribution in [-0.4, -0.2) is 38.4 Å². The SMILES string of the molecule is CCc1nccn1[C@@H]1CCCN(C(=O)c2ccc(C#N)c(C)n2)C1. The molecule has 1 saturated heterocycles. The molecule has 0 N–H and O–H groups in total. The van der Waals surface area contributed by atoms with Crippen molar-refractivity contribution < 1.29 is 4.79 Å². The van der Waals surface area contributed by atoms with Gasteiger partial charge in [-0.25, -0.2) is 9.97 Å². The molecule has 0 spiro atoms. The van der Waals surface area contributed by atoms with E-state index in [0.29, 0.717) is 23.5 Å². The predicted molar refractivity (Wildman–Crippen MR) is 89.5 cm³/mol. The van der Waals surface area contributed by atoms with E-state index >= 15 is 0 Å². The quantitative estimate of drug-likeness (QED) is 0.870. The monoisotopic (exact) mass is 323 g/mol. The summed E-state index contributed by atoms with van der Waals surface area (Å²) in [5, 5.41) is 8.99. The van der Waals surface area contributed by atoms with Crippen molar-refractivity contribution >= 4 is 5.91 Å². The van der Waals surface area contributed by atoms with Crippen molar-refractivity contribution in [1.82, 2.24) is 19.4 Å². The zero-order valence-corrected chi connectivity index (χ0v) is 14.1. The molecule has 1 atom stereocenters. The second-order valence-electron chi connectivity index (χ2n) is 6.09. The number of hydrogen-bond donors (Lipinski definition) is 0. The molecule has 24 heavy (non-hydrogen) atoms. The number of aromatic nitrogens is 3. The van der Waals surface area contributed by atoms with Crippen LogP contribution in [0.25, 0.3) is 0 Å². The Labute approximate surface area is 141 Å². The van der Waals surface area contributed by atoms with Crippen molar-refractivity contribution in [3.05, 3.63) is 47.3 Å². The number of nitriles is 1. The molecule has 2 aromatic rings. The van der Waals surface area contributed by atoms with Crippen LogP contribution >= 0.6 is 0 Å². The highest BCUT2D eigenvalue weighted by Gasteiger charge is 2.27. The second kappa shape index (κ2) is 6.83. The van der Waals surface area contributed by atoms with Gasteiger partial charge in [-0.1, -0.05) is 6.92 Å². The Morgan fingerprint density at radius 2 is 2.29 bits per heavy atom. The summed E-state index contributed by atoms with van der Waals surface area (Å²) in [4.78, 5) is 23.3. The van der Waals surface area contributed by atoms with Gasteiger partial charge in [0, 0.05) is 31.9 Å². The van der Waals surface area contributed by atoms with Crippen LogP contribution in [0.4, 0.5) is 0 Å². The number of aryl methyl sites for hydroxylation is 2. The van der Waals surface area contributed by atoms with Gasteiger partial charge in [-0.2, -0.15) is 5.26 Å². The third-order valence-electron chi connectivity index (χ3n) is 4.57. The van der Waals surface area contributed by atoms with Gasteiger partial charge in [-0.05, 0) is 31.9 Å². The van der Waals surface area contributed by atoms with Crippen LogP contribution < -0.4 is 0 Å². The summed E-state index contributed by atoms with van der Waals surface area (Å²) in [6.07, 6.45) is 6.72. The molecular weight excluding hydrogens is 302 g/mol. The summed E-state index contributed by atoms with van der Waals surface area (Å²) in [5.41, 5.74) is 1.52. The lowest BCUT2D eigenvalue weighted by molar-refractivity contribution is 0.0672. The Kier molecular flexibility index (Phi) is 4.61. The van der Waals surface area contributed by atoms with Crippen molar-refractivity contribution in [3.8, 4) is 6.07 Å². The summed E-state index contributed by atoms with van der Waals surface area (Å²) in [6, 6.07) is 5.66. The number of rotatable bonds is 3. The maximum Gasteiger partial charge on any atom is 0.272 e. The second-order valence-corrected chi connectivity index (χ2v) is 6.09.